The van der Waals surface area contributed by atoms with Crippen molar-refractivity contribution in [3.63, 3.8) is 0 Å². The highest BCUT2D eigenvalue weighted by molar-refractivity contribution is 7.10. The van der Waals surface area contributed by atoms with Gasteiger partial charge in [0.15, 0.2) is 0 Å². The summed E-state index contributed by atoms with van der Waals surface area (Å²) >= 11 is 1.63. The molecule has 0 radical (unpaired) electrons. The van der Waals surface area contributed by atoms with Crippen LogP contribution in [0.4, 0.5) is 0 Å². The molecule has 3 rings (SSSR count). The highest BCUT2D eigenvalue weighted by Gasteiger charge is 2.36. The van der Waals surface area contributed by atoms with Crippen LogP contribution in [0.25, 0.3) is 0 Å². The molecule has 1 N–H and O–H groups in total. The smallest absolute Gasteiger partial charge is 0.227 e. The summed E-state index contributed by atoms with van der Waals surface area (Å²) in [5.74, 6) is -0.0661. The van der Waals surface area contributed by atoms with Crippen LogP contribution in [-0.4, -0.2) is 29.8 Å². The summed E-state index contributed by atoms with van der Waals surface area (Å²) in [5, 5.41) is 5.19. The van der Waals surface area contributed by atoms with E-state index in [1.807, 2.05) is 61.8 Å². The van der Waals surface area contributed by atoms with Crippen LogP contribution < -0.4 is 5.32 Å². The number of thiophene rings is 1. The Hall–Kier alpha value is -2.14. The number of amides is 2. The summed E-state index contributed by atoms with van der Waals surface area (Å²) < 4.78 is 0. The van der Waals surface area contributed by atoms with Crippen molar-refractivity contribution < 1.29 is 9.59 Å². The van der Waals surface area contributed by atoms with Crippen LogP contribution in [0.1, 0.15) is 42.2 Å². The Morgan fingerprint density at radius 2 is 2.00 bits per heavy atom. The zero-order valence-electron chi connectivity index (χ0n) is 13.9. The van der Waals surface area contributed by atoms with Gasteiger partial charge in [-0.2, -0.15) is 0 Å². The lowest BCUT2D eigenvalue weighted by atomic mass is 9.93. The lowest BCUT2D eigenvalue weighted by Gasteiger charge is -2.39. The van der Waals surface area contributed by atoms with Crippen LogP contribution in [0.3, 0.4) is 0 Å². The Labute approximate surface area is 146 Å². The summed E-state index contributed by atoms with van der Waals surface area (Å²) in [7, 11) is 1.83. The molecular weight excluding hydrogens is 320 g/mol. The highest BCUT2D eigenvalue weighted by Crippen LogP contribution is 2.33. The van der Waals surface area contributed by atoms with Gasteiger partial charge in [0.1, 0.15) is 0 Å². The molecule has 24 heavy (non-hydrogen) atoms. The van der Waals surface area contributed by atoms with Gasteiger partial charge in [-0.1, -0.05) is 36.4 Å². The summed E-state index contributed by atoms with van der Waals surface area (Å²) in [4.78, 5) is 27.7. The van der Waals surface area contributed by atoms with Gasteiger partial charge in [-0.05, 0) is 30.4 Å². The van der Waals surface area contributed by atoms with Gasteiger partial charge in [-0.25, -0.2) is 0 Å². The average Bonchev–Trinajstić information content (AvgIpc) is 3.12. The number of nitrogens with one attached hydrogen (secondary N) is 1. The van der Waals surface area contributed by atoms with E-state index < -0.39 is 0 Å². The molecule has 0 spiro atoms. The van der Waals surface area contributed by atoms with E-state index in [9.17, 15) is 9.59 Å². The first kappa shape index (κ1) is 16.7. The van der Waals surface area contributed by atoms with Crippen LogP contribution in [0.5, 0.6) is 0 Å². The first-order chi connectivity index (χ1) is 11.6. The number of hydrogen-bond acceptors (Lipinski definition) is 3. The monoisotopic (exact) mass is 342 g/mol. The second-order valence-electron chi connectivity index (χ2n) is 6.25. The summed E-state index contributed by atoms with van der Waals surface area (Å²) in [6.45, 7) is 1.92. The van der Waals surface area contributed by atoms with Gasteiger partial charge in [-0.3, -0.25) is 9.59 Å². The van der Waals surface area contributed by atoms with E-state index in [-0.39, 0.29) is 29.8 Å². The molecule has 4 nitrogen and oxygen atoms in total. The Morgan fingerprint density at radius 3 is 2.67 bits per heavy atom. The van der Waals surface area contributed by atoms with Gasteiger partial charge in [0.25, 0.3) is 0 Å². The lowest BCUT2D eigenvalue weighted by molar-refractivity contribution is -0.137. The molecule has 1 saturated heterocycles. The predicted molar refractivity (Wildman–Crippen MR) is 95.9 cm³/mol. The molecule has 2 amide bonds. The van der Waals surface area contributed by atoms with Crippen LogP contribution in [0, 0.1) is 0 Å². The maximum absolute atomic E-state index is 12.7. The van der Waals surface area contributed by atoms with Crippen molar-refractivity contribution in [2.75, 3.05) is 7.05 Å². The third-order valence-corrected chi connectivity index (χ3v) is 5.66. The normalized spacial score (nSPS) is 22.2. The Kier molecular flexibility index (Phi) is 5.00. The minimum atomic E-state index is -0.210. The minimum absolute atomic E-state index is 0.00973. The van der Waals surface area contributed by atoms with Crippen molar-refractivity contribution >= 4 is 23.2 Å². The number of hydrogen-bond donors (Lipinski definition) is 1. The van der Waals surface area contributed by atoms with Crippen LogP contribution in [-0.2, 0) is 9.59 Å². The van der Waals surface area contributed by atoms with Crippen molar-refractivity contribution in [2.24, 2.45) is 0 Å². The van der Waals surface area contributed by atoms with E-state index in [0.29, 0.717) is 12.8 Å². The number of carbonyl (C=O) groups is 2. The topological polar surface area (TPSA) is 49.4 Å². The number of benzene rings is 1. The molecule has 1 aliphatic rings. The molecule has 0 saturated carbocycles. The van der Waals surface area contributed by atoms with Crippen molar-refractivity contribution in [3.05, 3.63) is 58.3 Å². The van der Waals surface area contributed by atoms with E-state index in [0.717, 1.165) is 10.4 Å². The average molecular weight is 342 g/mol. The zero-order chi connectivity index (χ0) is 17.1. The van der Waals surface area contributed by atoms with Crippen molar-refractivity contribution in [3.8, 4) is 0 Å². The molecule has 1 fully saturated rings. The van der Waals surface area contributed by atoms with Gasteiger partial charge in [-0.15, -0.1) is 11.3 Å². The minimum Gasteiger partial charge on any atom is -0.350 e. The van der Waals surface area contributed by atoms with Crippen LogP contribution in [0.15, 0.2) is 47.8 Å². The summed E-state index contributed by atoms with van der Waals surface area (Å²) in [5.41, 5.74) is 1.00. The molecule has 2 heterocycles. The molecular formula is C19H22N2O2S. The maximum atomic E-state index is 12.7. The molecule has 3 atom stereocenters. The van der Waals surface area contributed by atoms with E-state index in [2.05, 4.69) is 5.32 Å². The SMILES string of the molecule is C[C@H](C(=O)N[C@H]1CCC(=O)N(C)[C@@H]1c1cccs1)c1ccccc1. The molecule has 1 aromatic heterocycles. The quantitative estimate of drug-likeness (QED) is 0.926. The molecule has 0 aliphatic carbocycles. The fraction of sp³-hybridized carbons (Fsp3) is 0.368. The van der Waals surface area contributed by atoms with E-state index in [4.69, 9.17) is 0 Å². The molecule has 126 valence electrons. The second-order valence-corrected chi connectivity index (χ2v) is 7.23. The van der Waals surface area contributed by atoms with E-state index >= 15 is 0 Å². The van der Waals surface area contributed by atoms with Crippen LogP contribution >= 0.6 is 11.3 Å². The van der Waals surface area contributed by atoms with Gasteiger partial charge in [0, 0.05) is 18.3 Å². The lowest BCUT2D eigenvalue weighted by Crippen LogP contribution is -2.51. The Morgan fingerprint density at radius 1 is 1.25 bits per heavy atom. The third kappa shape index (κ3) is 3.36. The zero-order valence-corrected chi connectivity index (χ0v) is 14.8. The highest BCUT2D eigenvalue weighted by atomic mass is 32.1. The van der Waals surface area contributed by atoms with Gasteiger partial charge < -0.3 is 10.2 Å². The van der Waals surface area contributed by atoms with Crippen molar-refractivity contribution in [2.45, 2.75) is 37.8 Å². The third-order valence-electron chi connectivity index (χ3n) is 4.72. The fourth-order valence-electron chi connectivity index (χ4n) is 3.24. The fourth-order valence-corrected chi connectivity index (χ4v) is 4.17. The maximum Gasteiger partial charge on any atom is 0.227 e. The number of carbonyl (C=O) groups excluding carboxylic acids is 2. The van der Waals surface area contributed by atoms with Gasteiger partial charge in [0.2, 0.25) is 11.8 Å². The number of rotatable bonds is 4. The Balaban J connectivity index is 1.77. The first-order valence-electron chi connectivity index (χ1n) is 8.22. The molecule has 1 aliphatic heterocycles. The van der Waals surface area contributed by atoms with E-state index in [1.165, 1.54) is 0 Å². The molecule has 1 aromatic carbocycles. The van der Waals surface area contributed by atoms with Crippen molar-refractivity contribution in [1.82, 2.24) is 10.2 Å². The summed E-state index contributed by atoms with van der Waals surface area (Å²) in [6, 6.07) is 13.7. The molecule has 0 bridgehead atoms. The van der Waals surface area contributed by atoms with Crippen LogP contribution in [0.2, 0.25) is 0 Å². The van der Waals surface area contributed by atoms with Crippen molar-refractivity contribution in [1.29, 1.82) is 0 Å². The number of likely N-dealkylation sites (N-methyl/N-ethyl adjacent to an activating group) is 1. The number of nitrogens with zero attached hydrogens (tertiary/aromatic N) is 1. The number of piperidine rings is 1. The van der Waals surface area contributed by atoms with E-state index in [1.54, 1.807) is 16.2 Å². The largest absolute Gasteiger partial charge is 0.350 e. The number of likely N-dealkylation sites (tertiary alicyclic amines) is 1. The Bertz CT molecular complexity index is 699. The predicted octanol–water partition coefficient (Wildman–Crippen LogP) is 3.33. The summed E-state index contributed by atoms with van der Waals surface area (Å²) in [6.07, 6.45) is 1.15. The standard InChI is InChI=1S/C19H22N2O2S/c1-13(14-7-4-3-5-8-14)19(23)20-15-10-11-17(22)21(2)18(15)16-9-6-12-24-16/h3-9,12-13,15,18H,10-11H2,1-2H3,(H,20,23)/t13-,15-,18-/m0/s1. The van der Waals surface area contributed by atoms with Gasteiger partial charge in [0.05, 0.1) is 18.0 Å². The molecule has 2 aromatic rings. The van der Waals surface area contributed by atoms with Gasteiger partial charge >= 0.3 is 0 Å². The molecule has 0 unspecified atom stereocenters. The molecule has 5 heteroatoms. The first-order valence-corrected chi connectivity index (χ1v) is 9.10. The second kappa shape index (κ2) is 7.18.